The van der Waals surface area contributed by atoms with Gasteiger partial charge in [0.05, 0.1) is 0 Å². The first-order valence-electron chi connectivity index (χ1n) is 9.41. The molecule has 1 fully saturated rings. The summed E-state index contributed by atoms with van der Waals surface area (Å²) in [6.45, 7) is 1.61. The highest BCUT2D eigenvalue weighted by atomic mass is 16.2. The molecule has 1 aliphatic rings. The number of urea groups is 1. The van der Waals surface area contributed by atoms with E-state index >= 15 is 0 Å². The van der Waals surface area contributed by atoms with Crippen LogP contribution in [0.3, 0.4) is 0 Å². The van der Waals surface area contributed by atoms with Crippen molar-refractivity contribution in [3.05, 3.63) is 60.2 Å². The fourth-order valence-electron chi connectivity index (χ4n) is 3.14. The van der Waals surface area contributed by atoms with Gasteiger partial charge in [0.25, 0.3) is 0 Å². The molecule has 0 saturated carbocycles. The highest BCUT2D eigenvalue weighted by Gasteiger charge is 2.17. The normalized spacial score (nSPS) is 15.5. The lowest BCUT2D eigenvalue weighted by Crippen LogP contribution is -2.35. The second kappa shape index (κ2) is 9.19. The first-order valence-corrected chi connectivity index (χ1v) is 9.41. The predicted octanol–water partition coefficient (Wildman–Crippen LogP) is 3.73. The molecule has 1 atom stereocenters. The lowest BCUT2D eigenvalue weighted by Gasteiger charge is -2.21. The molecule has 142 valence electrons. The molecule has 6 nitrogen and oxygen atoms in total. The van der Waals surface area contributed by atoms with Crippen molar-refractivity contribution in [3.8, 4) is 0 Å². The van der Waals surface area contributed by atoms with Crippen LogP contribution < -0.4 is 16.4 Å². The Labute approximate surface area is 159 Å². The molecule has 3 amide bonds. The van der Waals surface area contributed by atoms with Gasteiger partial charge >= 0.3 is 6.03 Å². The Hall–Kier alpha value is -2.86. The zero-order valence-electron chi connectivity index (χ0n) is 15.4. The molecule has 4 N–H and O–H groups in total. The number of likely N-dealkylation sites (tertiary alicyclic amines) is 1. The average Bonchev–Trinajstić information content (AvgIpc) is 2.99. The summed E-state index contributed by atoms with van der Waals surface area (Å²) in [5.41, 5.74) is 8.10. The molecule has 3 rings (SSSR count). The molecule has 1 unspecified atom stereocenters. The molecule has 2 aromatic carbocycles. The number of hydrogen-bond acceptors (Lipinski definition) is 3. The first kappa shape index (κ1) is 18.9. The van der Waals surface area contributed by atoms with Crippen molar-refractivity contribution in [1.29, 1.82) is 0 Å². The Morgan fingerprint density at radius 3 is 1.96 bits per heavy atom. The minimum Gasteiger partial charge on any atom is -0.325 e. The molecule has 2 aromatic rings. The van der Waals surface area contributed by atoms with E-state index in [1.54, 1.807) is 24.3 Å². The van der Waals surface area contributed by atoms with Gasteiger partial charge in [0, 0.05) is 24.5 Å². The van der Waals surface area contributed by atoms with Crippen molar-refractivity contribution < 1.29 is 9.59 Å². The van der Waals surface area contributed by atoms with Crippen LogP contribution in [0, 0.1) is 0 Å². The molecular weight excluding hydrogens is 340 g/mol. The summed E-state index contributed by atoms with van der Waals surface area (Å²) in [6, 6.07) is 15.5. The van der Waals surface area contributed by atoms with Gasteiger partial charge in [-0.1, -0.05) is 43.2 Å². The SMILES string of the molecule is NC(C(=O)Nc1ccc(NC(=O)N2CCCCCC2)cc1)c1ccccc1. The van der Waals surface area contributed by atoms with Gasteiger partial charge in [0.1, 0.15) is 6.04 Å². The summed E-state index contributed by atoms with van der Waals surface area (Å²) in [5.74, 6) is -0.275. The minimum atomic E-state index is -0.728. The van der Waals surface area contributed by atoms with Gasteiger partial charge in [-0.2, -0.15) is 0 Å². The fourth-order valence-corrected chi connectivity index (χ4v) is 3.14. The molecular formula is C21H26N4O2. The topological polar surface area (TPSA) is 87.5 Å². The summed E-state index contributed by atoms with van der Waals surface area (Å²) in [7, 11) is 0. The Balaban J connectivity index is 1.55. The van der Waals surface area contributed by atoms with E-state index in [9.17, 15) is 9.59 Å². The molecule has 0 bridgehead atoms. The van der Waals surface area contributed by atoms with Gasteiger partial charge in [-0.05, 0) is 42.7 Å². The average molecular weight is 366 g/mol. The Kier molecular flexibility index (Phi) is 6.44. The van der Waals surface area contributed by atoms with Crippen LogP contribution in [0.1, 0.15) is 37.3 Å². The number of anilines is 2. The van der Waals surface area contributed by atoms with E-state index < -0.39 is 6.04 Å². The van der Waals surface area contributed by atoms with Crippen LogP contribution in [0.25, 0.3) is 0 Å². The van der Waals surface area contributed by atoms with Crippen LogP contribution in [0.4, 0.5) is 16.2 Å². The van der Waals surface area contributed by atoms with Gasteiger partial charge in [-0.3, -0.25) is 4.79 Å². The smallest absolute Gasteiger partial charge is 0.321 e. The van der Waals surface area contributed by atoms with Crippen LogP contribution in [0.2, 0.25) is 0 Å². The minimum absolute atomic E-state index is 0.0696. The summed E-state index contributed by atoms with van der Waals surface area (Å²) in [6.07, 6.45) is 4.48. The number of carbonyl (C=O) groups excluding carboxylic acids is 2. The van der Waals surface area contributed by atoms with Crippen LogP contribution in [-0.2, 0) is 4.79 Å². The fraction of sp³-hybridized carbons (Fsp3) is 0.333. The summed E-state index contributed by atoms with van der Waals surface area (Å²) < 4.78 is 0. The van der Waals surface area contributed by atoms with Crippen LogP contribution in [-0.4, -0.2) is 29.9 Å². The molecule has 0 aromatic heterocycles. The summed E-state index contributed by atoms with van der Waals surface area (Å²) >= 11 is 0. The lowest BCUT2D eigenvalue weighted by molar-refractivity contribution is -0.117. The zero-order chi connectivity index (χ0) is 19.1. The van der Waals surface area contributed by atoms with Crippen molar-refractivity contribution in [2.45, 2.75) is 31.7 Å². The second-order valence-electron chi connectivity index (χ2n) is 6.79. The third-order valence-corrected chi connectivity index (χ3v) is 4.74. The molecule has 0 spiro atoms. The molecule has 0 radical (unpaired) electrons. The van der Waals surface area contributed by atoms with Gasteiger partial charge < -0.3 is 21.3 Å². The van der Waals surface area contributed by atoms with Gasteiger partial charge in [-0.15, -0.1) is 0 Å². The Morgan fingerprint density at radius 1 is 0.815 bits per heavy atom. The van der Waals surface area contributed by atoms with Gasteiger partial charge in [-0.25, -0.2) is 4.79 Å². The largest absolute Gasteiger partial charge is 0.325 e. The number of benzene rings is 2. The van der Waals surface area contributed by atoms with Crippen molar-refractivity contribution in [2.24, 2.45) is 5.73 Å². The van der Waals surface area contributed by atoms with Crippen molar-refractivity contribution in [2.75, 3.05) is 23.7 Å². The first-order chi connectivity index (χ1) is 13.1. The van der Waals surface area contributed by atoms with Crippen LogP contribution in [0.5, 0.6) is 0 Å². The van der Waals surface area contributed by atoms with E-state index in [1.165, 1.54) is 12.8 Å². The van der Waals surface area contributed by atoms with Crippen LogP contribution >= 0.6 is 0 Å². The number of carbonyl (C=O) groups is 2. The highest BCUT2D eigenvalue weighted by Crippen LogP contribution is 2.18. The molecule has 27 heavy (non-hydrogen) atoms. The molecule has 0 aliphatic carbocycles. The third-order valence-electron chi connectivity index (χ3n) is 4.74. The van der Waals surface area contributed by atoms with E-state index in [-0.39, 0.29) is 11.9 Å². The van der Waals surface area contributed by atoms with Gasteiger partial charge in [0.2, 0.25) is 5.91 Å². The van der Waals surface area contributed by atoms with Crippen molar-refractivity contribution in [1.82, 2.24) is 4.90 Å². The Bertz CT molecular complexity index is 754. The highest BCUT2D eigenvalue weighted by molar-refractivity contribution is 5.96. The maximum atomic E-state index is 12.4. The molecule has 1 aliphatic heterocycles. The molecule has 1 heterocycles. The van der Waals surface area contributed by atoms with Crippen molar-refractivity contribution in [3.63, 3.8) is 0 Å². The third kappa shape index (κ3) is 5.31. The molecule has 6 heteroatoms. The number of nitrogens with zero attached hydrogens (tertiary/aromatic N) is 1. The maximum absolute atomic E-state index is 12.4. The maximum Gasteiger partial charge on any atom is 0.321 e. The Morgan fingerprint density at radius 2 is 1.37 bits per heavy atom. The standard InChI is InChI=1S/C21H26N4O2/c22-19(16-8-4-3-5-9-16)20(26)23-17-10-12-18(13-11-17)24-21(27)25-14-6-1-2-7-15-25/h3-5,8-13,19H,1-2,6-7,14-15,22H2,(H,23,26)(H,24,27). The number of nitrogens with one attached hydrogen (secondary N) is 2. The van der Waals surface area contributed by atoms with E-state index in [1.807, 2.05) is 35.2 Å². The summed E-state index contributed by atoms with van der Waals surface area (Å²) in [5, 5.41) is 5.72. The lowest BCUT2D eigenvalue weighted by atomic mass is 10.1. The number of rotatable bonds is 4. The number of nitrogens with two attached hydrogens (primary N) is 1. The van der Waals surface area contributed by atoms with Crippen molar-refractivity contribution >= 4 is 23.3 Å². The monoisotopic (exact) mass is 366 g/mol. The number of amides is 3. The van der Waals surface area contributed by atoms with Gasteiger partial charge in [0.15, 0.2) is 0 Å². The number of hydrogen-bond donors (Lipinski definition) is 3. The summed E-state index contributed by atoms with van der Waals surface area (Å²) in [4.78, 5) is 26.5. The van der Waals surface area contributed by atoms with E-state index in [0.29, 0.717) is 11.4 Å². The second-order valence-corrected chi connectivity index (χ2v) is 6.79. The van der Waals surface area contributed by atoms with E-state index in [0.717, 1.165) is 31.5 Å². The van der Waals surface area contributed by atoms with Crippen LogP contribution in [0.15, 0.2) is 54.6 Å². The van der Waals surface area contributed by atoms with E-state index in [2.05, 4.69) is 10.6 Å². The van der Waals surface area contributed by atoms with E-state index in [4.69, 9.17) is 5.73 Å². The quantitative estimate of drug-likeness (QED) is 0.770. The predicted molar refractivity (Wildman–Crippen MR) is 108 cm³/mol. The molecule has 1 saturated heterocycles. The zero-order valence-corrected chi connectivity index (χ0v) is 15.4.